The highest BCUT2D eigenvalue weighted by Crippen LogP contribution is 2.58. The molecule has 0 saturated heterocycles. The van der Waals surface area contributed by atoms with Crippen LogP contribution in [0.2, 0.25) is 0 Å². The second kappa shape index (κ2) is 7.20. The monoisotopic (exact) mass is 528 g/mol. The van der Waals surface area contributed by atoms with Crippen LogP contribution in [0.4, 0.5) is 0 Å². The summed E-state index contributed by atoms with van der Waals surface area (Å²) in [5.74, 6) is 0. The van der Waals surface area contributed by atoms with Gasteiger partial charge in [-0.1, -0.05) is 98.2 Å². The number of halogens is 1. The van der Waals surface area contributed by atoms with E-state index in [4.69, 9.17) is 0 Å². The molecule has 0 saturated carbocycles. The van der Waals surface area contributed by atoms with E-state index in [9.17, 15) is 0 Å². The van der Waals surface area contributed by atoms with Crippen LogP contribution in [0.3, 0.4) is 0 Å². The third-order valence-corrected chi connectivity index (χ3v) is 9.37. The zero-order valence-corrected chi connectivity index (χ0v) is 23.0. The van der Waals surface area contributed by atoms with Gasteiger partial charge in [-0.15, -0.1) is 0 Å². The van der Waals surface area contributed by atoms with Crippen LogP contribution in [-0.2, 0) is 10.8 Å². The molecule has 7 rings (SSSR count). The normalized spacial score (nSPS) is 15.9. The predicted molar refractivity (Wildman–Crippen MR) is 157 cm³/mol. The minimum absolute atomic E-state index is 0.0345. The van der Waals surface area contributed by atoms with Gasteiger partial charge in [0.15, 0.2) is 0 Å². The minimum atomic E-state index is -0.0799. The second-order valence-corrected chi connectivity index (χ2v) is 12.5. The van der Waals surface area contributed by atoms with E-state index in [1.807, 2.05) is 0 Å². The molecule has 0 nitrogen and oxygen atoms in total. The van der Waals surface area contributed by atoms with E-state index < -0.39 is 0 Å². The Labute approximate surface area is 222 Å². The van der Waals surface area contributed by atoms with Crippen molar-refractivity contribution in [3.63, 3.8) is 0 Å². The summed E-state index contributed by atoms with van der Waals surface area (Å²) in [5, 5.41) is 2.69. The summed E-state index contributed by atoms with van der Waals surface area (Å²) in [6, 6.07) is 32.1. The molecule has 0 heterocycles. The molecule has 5 aromatic rings. The van der Waals surface area contributed by atoms with E-state index in [0.29, 0.717) is 0 Å². The van der Waals surface area contributed by atoms with E-state index >= 15 is 0 Å². The number of rotatable bonds is 1. The molecule has 176 valence electrons. The molecule has 2 aliphatic carbocycles. The lowest BCUT2D eigenvalue weighted by molar-refractivity contribution is 0.652. The Balaban J connectivity index is 1.57. The van der Waals surface area contributed by atoms with Crippen molar-refractivity contribution in [2.75, 3.05) is 0 Å². The molecule has 2 aliphatic rings. The van der Waals surface area contributed by atoms with E-state index in [2.05, 4.69) is 135 Å². The van der Waals surface area contributed by atoms with Crippen LogP contribution >= 0.6 is 15.9 Å². The van der Waals surface area contributed by atoms with Gasteiger partial charge in [-0.3, -0.25) is 0 Å². The summed E-state index contributed by atoms with van der Waals surface area (Å²) in [4.78, 5) is 0. The molecular weight excluding hydrogens is 500 g/mol. The Hall–Kier alpha value is -3.16. The van der Waals surface area contributed by atoms with Crippen molar-refractivity contribution >= 4 is 26.7 Å². The molecule has 1 heteroatoms. The van der Waals surface area contributed by atoms with Gasteiger partial charge >= 0.3 is 0 Å². The van der Waals surface area contributed by atoms with Gasteiger partial charge in [0.2, 0.25) is 0 Å². The van der Waals surface area contributed by atoms with E-state index in [1.165, 1.54) is 72.0 Å². The van der Waals surface area contributed by atoms with Crippen LogP contribution in [0, 0.1) is 6.92 Å². The summed E-state index contributed by atoms with van der Waals surface area (Å²) in [5.41, 5.74) is 15.2. The van der Waals surface area contributed by atoms with Crippen molar-refractivity contribution in [2.24, 2.45) is 0 Å². The maximum Gasteiger partial charge on any atom is 0.0178 e. The first-order chi connectivity index (χ1) is 17.2. The molecule has 0 amide bonds. The number of hydrogen-bond acceptors (Lipinski definition) is 0. The Morgan fingerprint density at radius 2 is 1.08 bits per heavy atom. The molecule has 0 aromatic heterocycles. The summed E-state index contributed by atoms with van der Waals surface area (Å²) < 4.78 is 1.15. The Bertz CT molecular complexity index is 1750. The lowest BCUT2D eigenvalue weighted by atomic mass is 9.79. The second-order valence-electron chi connectivity index (χ2n) is 11.6. The van der Waals surface area contributed by atoms with Gasteiger partial charge in [0.25, 0.3) is 0 Å². The largest absolute Gasteiger partial charge is 0.0620 e. The van der Waals surface area contributed by atoms with Gasteiger partial charge in [0.1, 0.15) is 0 Å². The van der Waals surface area contributed by atoms with Crippen molar-refractivity contribution in [2.45, 2.75) is 45.4 Å². The van der Waals surface area contributed by atoms with Crippen LogP contribution in [-0.4, -0.2) is 0 Å². The average Bonchev–Trinajstić information content (AvgIpc) is 3.22. The number of aryl methyl sites for hydroxylation is 1. The first-order valence-corrected chi connectivity index (χ1v) is 13.6. The average molecular weight is 530 g/mol. The zero-order chi connectivity index (χ0) is 25.0. The van der Waals surface area contributed by atoms with Crippen molar-refractivity contribution in [3.05, 3.63) is 117 Å². The molecule has 36 heavy (non-hydrogen) atoms. The van der Waals surface area contributed by atoms with Gasteiger partial charge in [-0.25, -0.2) is 0 Å². The Morgan fingerprint density at radius 1 is 0.500 bits per heavy atom. The third kappa shape index (κ3) is 2.75. The molecule has 5 aromatic carbocycles. The SMILES string of the molecule is Cc1ccccc1-c1cc2c(c3ccccc13)-c1cc3c(cc1C2(C)C)-c1ccc(Br)cc1C3(C)C. The van der Waals surface area contributed by atoms with Gasteiger partial charge < -0.3 is 0 Å². The zero-order valence-electron chi connectivity index (χ0n) is 21.5. The topological polar surface area (TPSA) is 0 Å². The maximum absolute atomic E-state index is 3.71. The van der Waals surface area contributed by atoms with Gasteiger partial charge in [0.05, 0.1) is 0 Å². The molecule has 0 fully saturated rings. The highest BCUT2D eigenvalue weighted by atomic mass is 79.9. The maximum atomic E-state index is 3.71. The molecule has 0 unspecified atom stereocenters. The van der Waals surface area contributed by atoms with Crippen molar-refractivity contribution < 1.29 is 0 Å². The van der Waals surface area contributed by atoms with Gasteiger partial charge in [0, 0.05) is 15.3 Å². The first kappa shape index (κ1) is 22.1. The standard InChI is InChI=1S/C35H29Br/c1-20-10-6-7-11-22(20)26-17-32-33(25-13-9-8-12-23(25)26)28-19-30-27(18-31(28)35(32,4)5)24-15-14-21(36)16-29(24)34(30,2)3/h6-19H,1-5H3. The van der Waals surface area contributed by atoms with Crippen LogP contribution in [0.15, 0.2) is 89.4 Å². The number of hydrogen-bond donors (Lipinski definition) is 0. The van der Waals surface area contributed by atoms with E-state index in [1.54, 1.807) is 0 Å². The molecular formula is C35H29Br. The first-order valence-electron chi connectivity index (χ1n) is 12.8. The van der Waals surface area contributed by atoms with E-state index in [0.717, 1.165) is 4.47 Å². The molecule has 0 bridgehead atoms. The minimum Gasteiger partial charge on any atom is -0.0620 e. The van der Waals surface area contributed by atoms with E-state index in [-0.39, 0.29) is 10.8 Å². The fraction of sp³-hybridized carbons (Fsp3) is 0.200. The predicted octanol–water partition coefficient (Wildman–Crippen LogP) is 10.2. The van der Waals surface area contributed by atoms with Crippen molar-refractivity contribution in [1.29, 1.82) is 0 Å². The lowest BCUT2D eigenvalue weighted by Gasteiger charge is -2.24. The highest BCUT2D eigenvalue weighted by molar-refractivity contribution is 9.10. The molecule has 0 spiro atoms. The lowest BCUT2D eigenvalue weighted by Crippen LogP contribution is -2.17. The van der Waals surface area contributed by atoms with Crippen LogP contribution in [0.1, 0.15) is 55.5 Å². The Morgan fingerprint density at radius 3 is 1.86 bits per heavy atom. The van der Waals surface area contributed by atoms with Crippen molar-refractivity contribution in [1.82, 2.24) is 0 Å². The van der Waals surface area contributed by atoms with Crippen LogP contribution < -0.4 is 0 Å². The molecule has 0 atom stereocenters. The van der Waals surface area contributed by atoms with Crippen molar-refractivity contribution in [3.8, 4) is 33.4 Å². The van der Waals surface area contributed by atoms with Crippen LogP contribution in [0.25, 0.3) is 44.2 Å². The summed E-state index contributed by atoms with van der Waals surface area (Å²) in [6.07, 6.45) is 0. The summed E-state index contributed by atoms with van der Waals surface area (Å²) >= 11 is 3.71. The third-order valence-electron chi connectivity index (χ3n) is 8.87. The highest BCUT2D eigenvalue weighted by Gasteiger charge is 2.42. The van der Waals surface area contributed by atoms with Gasteiger partial charge in [-0.05, 0) is 109 Å². The summed E-state index contributed by atoms with van der Waals surface area (Å²) in [6.45, 7) is 11.8. The number of fused-ring (bicyclic) bond motifs is 8. The fourth-order valence-corrected chi connectivity index (χ4v) is 7.24. The Kier molecular flexibility index (Phi) is 4.42. The molecule has 0 radical (unpaired) electrons. The smallest absolute Gasteiger partial charge is 0.0178 e. The summed E-state index contributed by atoms with van der Waals surface area (Å²) in [7, 11) is 0. The number of benzene rings is 5. The quantitative estimate of drug-likeness (QED) is 0.203. The van der Waals surface area contributed by atoms with Crippen LogP contribution in [0.5, 0.6) is 0 Å². The van der Waals surface area contributed by atoms with Gasteiger partial charge in [-0.2, -0.15) is 0 Å². The molecule has 0 N–H and O–H groups in total. The molecule has 0 aliphatic heterocycles. The fourth-order valence-electron chi connectivity index (χ4n) is 6.88.